The molecule has 0 aliphatic carbocycles. The van der Waals surface area contributed by atoms with Gasteiger partial charge in [-0.1, -0.05) is 23.2 Å². The average Bonchev–Trinajstić information content (AvgIpc) is 3.60. The van der Waals surface area contributed by atoms with Crippen LogP contribution in [-0.2, 0) is 9.59 Å². The van der Waals surface area contributed by atoms with Gasteiger partial charge in [-0.25, -0.2) is 9.37 Å². The van der Waals surface area contributed by atoms with Crippen molar-refractivity contribution in [2.24, 2.45) is 0 Å². The highest BCUT2D eigenvalue weighted by atomic mass is 35.5. The van der Waals surface area contributed by atoms with Crippen molar-refractivity contribution >= 4 is 40.6 Å². The molecule has 13 heteroatoms. The minimum atomic E-state index is -0.620. The first-order chi connectivity index (χ1) is 17.4. The highest BCUT2D eigenvalue weighted by Crippen LogP contribution is 2.44. The fourth-order valence-corrected chi connectivity index (χ4v) is 6.00. The van der Waals surface area contributed by atoms with Gasteiger partial charge < -0.3 is 15.2 Å². The number of aromatic nitrogens is 6. The zero-order valence-electron chi connectivity index (χ0n) is 18.9. The summed E-state index contributed by atoms with van der Waals surface area (Å²) >= 11 is 12.6. The number of tetrazole rings is 1. The van der Waals surface area contributed by atoms with Crippen LogP contribution in [0.3, 0.4) is 0 Å². The second-order valence-corrected chi connectivity index (χ2v) is 10.0. The Morgan fingerprint density at radius 3 is 2.75 bits per heavy atom. The van der Waals surface area contributed by atoms with Gasteiger partial charge in [-0.15, -0.1) is 5.10 Å². The third kappa shape index (κ3) is 3.86. The molecule has 2 aromatic heterocycles. The number of benzene rings is 1. The summed E-state index contributed by atoms with van der Waals surface area (Å²) in [5.41, 5.74) is 1.89. The third-order valence-corrected chi connectivity index (χ3v) is 7.75. The number of carbonyl (C=O) groups excluding carboxylic acids is 2. The maximum Gasteiger partial charge on any atom is 0.247 e. The standard InChI is InChI=1S/C23H21Cl2FN8O2/c24-14-2-4-15(33-10-28-31-32-33)19(20(14)26)12-7-13-1-3-16(34(13)18(36)9-12)23-29-21(22(25)30-23)11-5-6-27-17(35)8-11/h2,4,9-11,13,16H,1,3,5-8H2,(H,27,35)(H,29,30)/t11?,13?,16-/m0/s1. The summed E-state index contributed by atoms with van der Waals surface area (Å²) in [4.78, 5) is 34.9. The molecule has 0 saturated carbocycles. The van der Waals surface area contributed by atoms with Gasteiger partial charge in [0, 0.05) is 36.6 Å². The molecule has 2 N–H and O–H groups in total. The van der Waals surface area contributed by atoms with Crippen molar-refractivity contribution < 1.29 is 14.0 Å². The van der Waals surface area contributed by atoms with Gasteiger partial charge in [0.15, 0.2) is 11.0 Å². The van der Waals surface area contributed by atoms with Crippen LogP contribution in [0.15, 0.2) is 24.5 Å². The Kier molecular flexibility index (Phi) is 5.76. The quantitative estimate of drug-likeness (QED) is 0.533. The number of rotatable bonds is 4. The first-order valence-corrected chi connectivity index (χ1v) is 12.4. The van der Waals surface area contributed by atoms with Gasteiger partial charge in [0.1, 0.15) is 12.2 Å². The summed E-state index contributed by atoms with van der Waals surface area (Å²) in [7, 11) is 0. The Morgan fingerprint density at radius 1 is 1.11 bits per heavy atom. The molecule has 2 fully saturated rings. The number of nitrogens with one attached hydrogen (secondary N) is 2. The third-order valence-electron chi connectivity index (χ3n) is 7.17. The van der Waals surface area contributed by atoms with Crippen LogP contribution in [0.25, 0.3) is 11.3 Å². The van der Waals surface area contributed by atoms with Crippen LogP contribution in [0, 0.1) is 5.82 Å². The molecule has 2 saturated heterocycles. The number of imidazole rings is 1. The fourth-order valence-electron chi connectivity index (χ4n) is 5.55. The Balaban J connectivity index is 1.32. The van der Waals surface area contributed by atoms with Crippen molar-refractivity contribution in [3.63, 3.8) is 0 Å². The van der Waals surface area contributed by atoms with E-state index in [0.29, 0.717) is 48.0 Å². The van der Waals surface area contributed by atoms with E-state index in [1.54, 1.807) is 11.0 Å². The van der Waals surface area contributed by atoms with Gasteiger partial charge in [0.25, 0.3) is 0 Å². The van der Waals surface area contributed by atoms with Gasteiger partial charge in [0.05, 0.1) is 22.4 Å². The number of hydrogen-bond acceptors (Lipinski definition) is 6. The summed E-state index contributed by atoms with van der Waals surface area (Å²) in [6.07, 6.45) is 5.78. The normalized spacial score (nSPS) is 24.0. The van der Waals surface area contributed by atoms with Crippen molar-refractivity contribution in [2.45, 2.75) is 50.1 Å². The number of fused-ring (bicyclic) bond motifs is 1. The lowest BCUT2D eigenvalue weighted by atomic mass is 9.92. The number of carbonyl (C=O) groups is 2. The number of nitrogens with zero attached hydrogens (tertiary/aromatic N) is 6. The molecule has 0 bridgehead atoms. The van der Waals surface area contributed by atoms with Crippen molar-refractivity contribution in [1.82, 2.24) is 40.4 Å². The SMILES string of the molecule is O=C1CC(c2[nH]c([C@@H]3CCC4CC(c5c(-n6cnnn6)ccc(Cl)c5F)=CC(=O)N43)nc2Cl)CCN1. The zero-order valence-corrected chi connectivity index (χ0v) is 20.4. The summed E-state index contributed by atoms with van der Waals surface area (Å²) in [6.45, 7) is 0.588. The van der Waals surface area contributed by atoms with E-state index in [1.165, 1.54) is 23.2 Å². The molecule has 36 heavy (non-hydrogen) atoms. The highest BCUT2D eigenvalue weighted by Gasteiger charge is 2.42. The van der Waals surface area contributed by atoms with Gasteiger partial charge in [-0.05, 0) is 53.8 Å². The van der Waals surface area contributed by atoms with E-state index < -0.39 is 5.82 Å². The molecular formula is C23H21Cl2FN8O2. The minimum Gasteiger partial charge on any atom is -0.356 e. The van der Waals surface area contributed by atoms with E-state index in [1.807, 2.05) is 0 Å². The molecule has 3 aliphatic heterocycles. The molecule has 6 rings (SSSR count). The first kappa shape index (κ1) is 23.1. The predicted molar refractivity (Wildman–Crippen MR) is 128 cm³/mol. The molecule has 3 aliphatic rings. The summed E-state index contributed by atoms with van der Waals surface area (Å²) in [5.74, 6) is -0.305. The molecule has 10 nitrogen and oxygen atoms in total. The van der Waals surface area contributed by atoms with Crippen molar-refractivity contribution in [3.05, 3.63) is 57.6 Å². The fraction of sp³-hybridized carbons (Fsp3) is 0.391. The molecule has 3 aromatic rings. The summed E-state index contributed by atoms with van der Waals surface area (Å²) in [6, 6.07) is 2.64. The molecule has 2 unspecified atom stereocenters. The van der Waals surface area contributed by atoms with Crippen molar-refractivity contribution in [1.29, 1.82) is 0 Å². The number of piperidine rings is 1. The average molecular weight is 531 g/mol. The Hall–Kier alpha value is -3.31. The van der Waals surface area contributed by atoms with E-state index in [0.717, 1.165) is 18.5 Å². The largest absolute Gasteiger partial charge is 0.356 e. The smallest absolute Gasteiger partial charge is 0.247 e. The summed E-state index contributed by atoms with van der Waals surface area (Å²) in [5, 5.41) is 14.3. The van der Waals surface area contributed by atoms with E-state index in [9.17, 15) is 9.59 Å². The molecular weight excluding hydrogens is 510 g/mol. The molecule has 186 valence electrons. The van der Waals surface area contributed by atoms with Crippen LogP contribution < -0.4 is 5.32 Å². The zero-order chi connectivity index (χ0) is 25.0. The maximum absolute atomic E-state index is 15.3. The number of aromatic amines is 1. The van der Waals surface area contributed by atoms with Gasteiger partial charge in [0.2, 0.25) is 11.8 Å². The molecule has 0 radical (unpaired) electrons. The van der Waals surface area contributed by atoms with Crippen molar-refractivity contribution in [2.75, 3.05) is 6.54 Å². The molecule has 1 aromatic carbocycles. The van der Waals surface area contributed by atoms with Gasteiger partial charge in [-0.2, -0.15) is 4.68 Å². The number of halogens is 3. The number of amides is 2. The Labute approximate surface area is 214 Å². The molecule has 3 atom stereocenters. The second kappa shape index (κ2) is 8.97. The molecule has 2 amide bonds. The van der Waals surface area contributed by atoms with Gasteiger partial charge >= 0.3 is 0 Å². The van der Waals surface area contributed by atoms with E-state index in [4.69, 9.17) is 23.2 Å². The number of H-pyrrole nitrogens is 1. The lowest BCUT2D eigenvalue weighted by molar-refractivity contribution is -0.129. The van der Waals surface area contributed by atoms with Crippen LogP contribution >= 0.6 is 23.2 Å². The lowest BCUT2D eigenvalue weighted by Gasteiger charge is -2.33. The maximum atomic E-state index is 15.3. The van der Waals surface area contributed by atoms with Gasteiger partial charge in [-0.3, -0.25) is 9.59 Å². The van der Waals surface area contributed by atoms with Crippen LogP contribution in [0.2, 0.25) is 10.2 Å². The van der Waals surface area contributed by atoms with E-state index in [-0.39, 0.29) is 40.4 Å². The Morgan fingerprint density at radius 2 is 1.97 bits per heavy atom. The minimum absolute atomic E-state index is 0.0161. The van der Waals surface area contributed by atoms with E-state index >= 15 is 4.39 Å². The highest BCUT2D eigenvalue weighted by molar-refractivity contribution is 6.31. The monoisotopic (exact) mass is 530 g/mol. The van der Waals surface area contributed by atoms with Crippen LogP contribution in [0.4, 0.5) is 4.39 Å². The van der Waals surface area contributed by atoms with Crippen LogP contribution in [-0.4, -0.2) is 59.5 Å². The second-order valence-electron chi connectivity index (χ2n) is 9.24. The topological polar surface area (TPSA) is 122 Å². The molecule has 0 spiro atoms. The predicted octanol–water partition coefficient (Wildman–Crippen LogP) is 3.34. The van der Waals surface area contributed by atoms with Crippen LogP contribution in [0.5, 0.6) is 0 Å². The summed E-state index contributed by atoms with van der Waals surface area (Å²) < 4.78 is 16.6. The first-order valence-electron chi connectivity index (χ1n) is 11.7. The van der Waals surface area contributed by atoms with Crippen molar-refractivity contribution in [3.8, 4) is 5.69 Å². The lowest BCUT2D eigenvalue weighted by Crippen LogP contribution is -2.39. The molecule has 5 heterocycles. The van der Waals surface area contributed by atoms with E-state index in [2.05, 4.69) is 30.8 Å². The number of hydrogen-bond donors (Lipinski definition) is 2. The Bertz CT molecular complexity index is 1390. The van der Waals surface area contributed by atoms with Crippen LogP contribution in [0.1, 0.15) is 61.1 Å².